The van der Waals surface area contributed by atoms with Gasteiger partial charge in [-0.2, -0.15) is 23.5 Å². The number of aromatic hydroxyl groups is 1. The quantitative estimate of drug-likeness (QED) is 0.101. The fraction of sp³-hybridized carbons (Fsp3) is 0.446. The molecule has 2 aromatic heterocycles. The van der Waals surface area contributed by atoms with Crippen molar-refractivity contribution in [3.8, 4) is 5.75 Å². The van der Waals surface area contributed by atoms with E-state index in [1.165, 1.54) is 53.1 Å². The largest absolute Gasteiger partial charge is 0.508 e. The summed E-state index contributed by atoms with van der Waals surface area (Å²) in [5.41, 5.74) is 4.93. The summed E-state index contributed by atoms with van der Waals surface area (Å²) in [6.45, 7) is 1.67. The number of phenols is 1. The van der Waals surface area contributed by atoms with Gasteiger partial charge in [-0.1, -0.05) is 36.4 Å². The van der Waals surface area contributed by atoms with Gasteiger partial charge in [0.2, 0.25) is 41.4 Å². The van der Waals surface area contributed by atoms with E-state index in [0.29, 0.717) is 107 Å². The predicted molar refractivity (Wildman–Crippen MR) is 335 cm³/mol. The molecule has 4 aliphatic heterocycles. The van der Waals surface area contributed by atoms with Crippen LogP contribution in [0.3, 0.4) is 0 Å². The Morgan fingerprint density at radius 2 is 1.17 bits per heavy atom. The lowest BCUT2D eigenvalue weighted by Gasteiger charge is -2.33. The lowest BCUT2D eigenvalue weighted by molar-refractivity contribution is -0.142. The van der Waals surface area contributed by atoms with E-state index in [-0.39, 0.29) is 62.5 Å². The number of ketones is 1. The number of aliphatic hydroxyl groups is 1. The SMILES string of the molecule is C[C@@H]1NC(=O)[C@@H]2CCCN2C(=O)[C@H](Cc2c[nH]c3ccc(F)cc23)NC(O)[C@H](Cc2c[nH]c3ccc(F)cc23)NC(=O)CNC(=O)[C@H]2CCCN2C(=O)CCSCc2cccc(c2)CSCCCC(=O)[C@@H]2CCCN2C(=O)[C@H](Cc2ccc(O)cc2)NC1=O. The number of aromatic nitrogens is 2. The summed E-state index contributed by atoms with van der Waals surface area (Å²) in [6, 6.07) is 15.0. The summed E-state index contributed by atoms with van der Waals surface area (Å²) >= 11 is 3.31. The molecule has 4 aromatic carbocycles. The monoisotopic (exact) mass is 1260 g/mol. The van der Waals surface area contributed by atoms with Crippen LogP contribution in [0.2, 0.25) is 0 Å². The summed E-state index contributed by atoms with van der Waals surface area (Å²) in [6.07, 6.45) is 4.82. The zero-order chi connectivity index (χ0) is 62.7. The molecule has 4 aliphatic rings. The average Bonchev–Trinajstić information content (AvgIpc) is 3.23. The molecule has 0 spiro atoms. The smallest absolute Gasteiger partial charge is 0.246 e. The summed E-state index contributed by atoms with van der Waals surface area (Å²) < 4.78 is 29.7. The van der Waals surface area contributed by atoms with E-state index in [1.54, 1.807) is 65.1 Å². The minimum Gasteiger partial charge on any atom is -0.508 e. The topological polar surface area (TPSA) is 278 Å². The van der Waals surface area contributed by atoms with Gasteiger partial charge in [0, 0.05) is 90.4 Å². The maximum Gasteiger partial charge on any atom is 0.246 e. The number of thioether (sulfide) groups is 2. The highest BCUT2D eigenvalue weighted by Gasteiger charge is 2.42. The van der Waals surface area contributed by atoms with Gasteiger partial charge in [-0.05, 0) is 147 Å². The van der Waals surface area contributed by atoms with Crippen molar-refractivity contribution >= 4 is 92.5 Å². The number of benzene rings is 4. The fourth-order valence-corrected chi connectivity index (χ4v) is 14.4. The Labute approximate surface area is 522 Å². The van der Waals surface area contributed by atoms with Gasteiger partial charge in [0.25, 0.3) is 0 Å². The number of nitrogens with zero attached hydrogens (tertiary/aromatic N) is 3. The standard InChI is InChI=1S/C65H76F2N10O10S2/c1-38-60(82)73-52(28-39-13-17-46(78)18-14-39)64(86)76-23-3-9-54(76)57(79)12-6-25-88-36-40-7-2-8-41(27-40)37-89-26-21-59(81)75-22-4-10-55(75)62(84)70-35-58(80)72-51(29-42-33-68-49-19-15-44(66)31-47(42)49)61(83)74-53(65(87)77-24-5-11-56(77)63(85)71-38)30-43-34-69-50-20-16-45(67)32-48(43)50/h2,7-8,13-20,27,31-34,38,51-56,61,68-69,74,78,83H,3-6,9-12,21-26,28-30,35-37H2,1H3,(H,70,84)(H,71,85)(H,72,80)(H,73,82)/t38-,51-,52-,53-,54-,55+,56-,61?/m0/s1. The number of Topliss-reactive ketones (excluding diaryl/α,β-unsaturated/α-hetero) is 1. The first kappa shape index (κ1) is 64.2. The number of hydrogen-bond acceptors (Lipinski definition) is 13. The zero-order valence-corrected chi connectivity index (χ0v) is 51.2. The van der Waals surface area contributed by atoms with E-state index in [9.17, 15) is 52.6 Å². The molecule has 2 bridgehead atoms. The number of hydrogen-bond donors (Lipinski definition) is 9. The molecule has 10 rings (SSSR count). The number of fused-ring (bicyclic) bond motifs is 7. The second-order valence-electron chi connectivity index (χ2n) is 23.5. The van der Waals surface area contributed by atoms with Crippen molar-refractivity contribution in [1.82, 2.24) is 51.3 Å². The van der Waals surface area contributed by atoms with Crippen molar-refractivity contribution in [3.05, 3.63) is 137 Å². The molecule has 8 atom stereocenters. The number of nitrogens with one attached hydrogen (secondary N) is 7. The minimum absolute atomic E-state index is 0.00629. The molecule has 89 heavy (non-hydrogen) atoms. The maximum absolute atomic E-state index is 15.2. The van der Waals surface area contributed by atoms with Crippen LogP contribution in [0.15, 0.2) is 97.3 Å². The maximum atomic E-state index is 15.2. The number of carbonyl (C=O) groups excluding carboxylic acids is 8. The highest BCUT2D eigenvalue weighted by molar-refractivity contribution is 7.98. The van der Waals surface area contributed by atoms with E-state index in [0.717, 1.165) is 16.9 Å². The van der Waals surface area contributed by atoms with E-state index < -0.39 is 102 Å². The zero-order valence-electron chi connectivity index (χ0n) is 49.6. The first-order chi connectivity index (χ1) is 43.0. The second-order valence-corrected chi connectivity index (χ2v) is 25.7. The van der Waals surface area contributed by atoms with Gasteiger partial charge in [-0.15, -0.1) is 0 Å². The number of phenolic OH excluding ortho intramolecular Hbond substituents is 1. The molecular weight excluding hydrogens is 1180 g/mol. The van der Waals surface area contributed by atoms with Crippen LogP contribution in [-0.4, -0.2) is 168 Å². The lowest BCUT2D eigenvalue weighted by atomic mass is 10.00. The number of carbonyl (C=O) groups is 8. The Balaban J connectivity index is 0.918. The van der Waals surface area contributed by atoms with Crippen LogP contribution in [0.25, 0.3) is 21.8 Å². The molecule has 0 aliphatic carbocycles. The first-order valence-electron chi connectivity index (χ1n) is 30.5. The fourth-order valence-electron chi connectivity index (χ4n) is 12.6. The Hall–Kier alpha value is -7.80. The lowest BCUT2D eigenvalue weighted by Crippen LogP contribution is -2.60. The number of H-pyrrole nitrogens is 2. The van der Waals surface area contributed by atoms with Crippen LogP contribution in [0.5, 0.6) is 5.75 Å². The molecule has 9 N–H and O–H groups in total. The van der Waals surface area contributed by atoms with Crippen molar-refractivity contribution < 1.29 is 57.4 Å². The Morgan fingerprint density at radius 3 is 1.83 bits per heavy atom. The number of aliphatic hydroxyl groups excluding tert-OH is 1. The van der Waals surface area contributed by atoms with Gasteiger partial charge >= 0.3 is 0 Å². The highest BCUT2D eigenvalue weighted by Crippen LogP contribution is 2.29. The summed E-state index contributed by atoms with van der Waals surface area (Å²) in [5, 5.41) is 37.5. The molecule has 24 heteroatoms. The third kappa shape index (κ3) is 16.2. The number of halogens is 2. The average molecular weight is 1260 g/mol. The van der Waals surface area contributed by atoms with Crippen LogP contribution in [0.4, 0.5) is 8.78 Å². The Morgan fingerprint density at radius 1 is 0.584 bits per heavy atom. The number of aromatic amines is 2. The molecule has 1 unspecified atom stereocenters. The van der Waals surface area contributed by atoms with Gasteiger partial charge in [0.15, 0.2) is 5.78 Å². The van der Waals surface area contributed by atoms with Crippen molar-refractivity contribution in [3.63, 3.8) is 0 Å². The van der Waals surface area contributed by atoms with Crippen LogP contribution < -0.4 is 26.6 Å². The molecule has 0 saturated carbocycles. The molecule has 472 valence electrons. The minimum atomic E-state index is -1.75. The number of rotatable bonds is 6. The Bertz CT molecular complexity index is 3570. The molecular formula is C65H76F2N10O10S2. The van der Waals surface area contributed by atoms with Crippen LogP contribution in [0, 0.1) is 11.6 Å². The van der Waals surface area contributed by atoms with Gasteiger partial charge in [-0.3, -0.25) is 43.7 Å². The van der Waals surface area contributed by atoms with Crippen molar-refractivity contribution in [1.29, 1.82) is 0 Å². The van der Waals surface area contributed by atoms with Gasteiger partial charge in [-0.25, -0.2) is 8.78 Å². The van der Waals surface area contributed by atoms with E-state index in [1.807, 2.05) is 18.2 Å². The molecule has 3 saturated heterocycles. The van der Waals surface area contributed by atoms with Crippen molar-refractivity contribution in [2.24, 2.45) is 0 Å². The molecule has 3 fully saturated rings. The molecule has 6 heterocycles. The number of amides is 7. The van der Waals surface area contributed by atoms with E-state index in [4.69, 9.17) is 0 Å². The van der Waals surface area contributed by atoms with Crippen molar-refractivity contribution in [2.75, 3.05) is 37.7 Å². The van der Waals surface area contributed by atoms with Gasteiger partial charge in [0.1, 0.15) is 47.8 Å². The van der Waals surface area contributed by atoms with Crippen LogP contribution in [0.1, 0.15) is 92.5 Å². The van der Waals surface area contributed by atoms with Crippen LogP contribution in [-0.2, 0) is 69.1 Å². The van der Waals surface area contributed by atoms with Gasteiger partial charge < -0.3 is 56.1 Å². The molecule has 6 aromatic rings. The summed E-state index contributed by atoms with van der Waals surface area (Å²) in [4.78, 5) is 125. The van der Waals surface area contributed by atoms with Gasteiger partial charge in [0.05, 0.1) is 24.7 Å². The Kier molecular flexibility index (Phi) is 21.4. The predicted octanol–water partition coefficient (Wildman–Crippen LogP) is 5.42. The molecule has 20 nitrogen and oxygen atoms in total. The van der Waals surface area contributed by atoms with E-state index in [2.05, 4.69) is 42.6 Å². The first-order valence-corrected chi connectivity index (χ1v) is 32.8. The van der Waals surface area contributed by atoms with E-state index >= 15 is 4.79 Å². The summed E-state index contributed by atoms with van der Waals surface area (Å²) in [7, 11) is 0. The highest BCUT2D eigenvalue weighted by atomic mass is 32.2. The van der Waals surface area contributed by atoms with Crippen LogP contribution >= 0.6 is 23.5 Å². The summed E-state index contributed by atoms with van der Waals surface area (Å²) in [5.74, 6) is -2.46. The molecule has 0 radical (unpaired) electrons. The second kappa shape index (κ2) is 29.7. The third-order valence-corrected chi connectivity index (χ3v) is 19.4. The van der Waals surface area contributed by atoms with Crippen molar-refractivity contribution in [2.45, 2.75) is 144 Å². The molecule has 7 amide bonds. The normalized spacial score (nSPS) is 25.1. The third-order valence-electron chi connectivity index (χ3n) is 17.2.